The van der Waals surface area contributed by atoms with E-state index in [-0.39, 0.29) is 11.6 Å². The molecule has 0 spiro atoms. The van der Waals surface area contributed by atoms with Gasteiger partial charge < -0.3 is 15.1 Å². The third-order valence-electron chi connectivity index (χ3n) is 4.60. The van der Waals surface area contributed by atoms with Crippen molar-refractivity contribution in [3.8, 4) is 0 Å². The predicted molar refractivity (Wildman–Crippen MR) is 111 cm³/mol. The number of rotatable bonds is 4. The lowest BCUT2D eigenvalue weighted by Gasteiger charge is -2.35. The molecular formula is C19H18Cl2N6O. The van der Waals surface area contributed by atoms with Crippen LogP contribution in [-0.2, 0) is 0 Å². The molecule has 1 aliphatic rings. The van der Waals surface area contributed by atoms with Gasteiger partial charge >= 0.3 is 0 Å². The van der Waals surface area contributed by atoms with Gasteiger partial charge in [-0.15, -0.1) is 10.2 Å². The van der Waals surface area contributed by atoms with Gasteiger partial charge in [-0.2, -0.15) is 5.21 Å². The lowest BCUT2D eigenvalue weighted by molar-refractivity contribution is 0.0742. The quantitative estimate of drug-likeness (QED) is 0.675. The van der Waals surface area contributed by atoms with E-state index in [1.54, 1.807) is 17.0 Å². The molecule has 28 heavy (non-hydrogen) atoms. The molecule has 4 rings (SSSR count). The topological polar surface area (TPSA) is 77.1 Å². The van der Waals surface area contributed by atoms with Crippen LogP contribution in [0.3, 0.4) is 0 Å². The third-order valence-corrected chi connectivity index (χ3v) is 5.08. The van der Waals surface area contributed by atoms with Crippen LogP contribution in [0.5, 0.6) is 0 Å². The molecule has 0 atom stereocenters. The lowest BCUT2D eigenvalue weighted by Crippen LogP contribution is -2.49. The molecule has 2 N–H and O–H groups in total. The number of carbonyl (C=O) groups is 1. The summed E-state index contributed by atoms with van der Waals surface area (Å²) in [6.45, 7) is 2.64. The number of amides is 1. The van der Waals surface area contributed by atoms with E-state index < -0.39 is 0 Å². The standard InChI is InChI=1S/C19H18Cl2N6O/c20-13-4-6-15(7-5-13)22-18-17(23-25-24-18)19(28)27-10-8-26(9-11-27)16-3-1-2-14(21)12-16/h1-7,12H,8-11H2,(H2,22,23,24,25). The van der Waals surface area contributed by atoms with E-state index in [4.69, 9.17) is 23.2 Å². The summed E-state index contributed by atoms with van der Waals surface area (Å²) in [5, 5.41) is 15.1. The summed E-state index contributed by atoms with van der Waals surface area (Å²) in [5.74, 6) is 0.237. The van der Waals surface area contributed by atoms with E-state index in [2.05, 4.69) is 25.6 Å². The van der Waals surface area contributed by atoms with E-state index in [1.807, 2.05) is 36.4 Å². The minimum atomic E-state index is -0.157. The molecule has 2 aromatic carbocycles. The Kier molecular flexibility index (Phi) is 5.36. The third kappa shape index (κ3) is 4.05. The number of nitrogens with one attached hydrogen (secondary N) is 2. The maximum atomic E-state index is 12.9. The molecule has 0 saturated carbocycles. The molecule has 1 aliphatic heterocycles. The number of piperazine rings is 1. The smallest absolute Gasteiger partial charge is 0.278 e. The summed E-state index contributed by atoms with van der Waals surface area (Å²) in [4.78, 5) is 16.9. The number of hydrogen-bond acceptors (Lipinski definition) is 5. The van der Waals surface area contributed by atoms with Gasteiger partial charge in [0.15, 0.2) is 11.5 Å². The highest BCUT2D eigenvalue weighted by Gasteiger charge is 2.26. The van der Waals surface area contributed by atoms with Crippen LogP contribution in [0.2, 0.25) is 10.0 Å². The van der Waals surface area contributed by atoms with Crippen LogP contribution >= 0.6 is 23.2 Å². The van der Waals surface area contributed by atoms with Gasteiger partial charge in [0.25, 0.3) is 5.91 Å². The summed E-state index contributed by atoms with van der Waals surface area (Å²) in [6.07, 6.45) is 0. The molecule has 1 amide bonds. The Morgan fingerprint density at radius 1 is 0.964 bits per heavy atom. The van der Waals surface area contributed by atoms with Gasteiger partial charge in [0.2, 0.25) is 0 Å². The molecule has 0 unspecified atom stereocenters. The van der Waals surface area contributed by atoms with Crippen LogP contribution < -0.4 is 10.2 Å². The Morgan fingerprint density at radius 3 is 2.43 bits per heavy atom. The monoisotopic (exact) mass is 416 g/mol. The molecule has 144 valence electrons. The SMILES string of the molecule is O=C(c1n[nH]nc1Nc1ccc(Cl)cc1)N1CCN(c2cccc(Cl)c2)CC1. The second-order valence-corrected chi connectivity index (χ2v) is 7.28. The van der Waals surface area contributed by atoms with Gasteiger partial charge in [0.05, 0.1) is 0 Å². The summed E-state index contributed by atoms with van der Waals surface area (Å²) >= 11 is 12.0. The van der Waals surface area contributed by atoms with Crippen molar-refractivity contribution in [2.24, 2.45) is 0 Å². The fraction of sp³-hybridized carbons (Fsp3) is 0.211. The number of hydrogen-bond donors (Lipinski definition) is 2. The van der Waals surface area contributed by atoms with Crippen molar-refractivity contribution < 1.29 is 4.79 Å². The van der Waals surface area contributed by atoms with Crippen molar-refractivity contribution >= 4 is 46.3 Å². The summed E-state index contributed by atoms with van der Waals surface area (Å²) in [5.41, 5.74) is 2.11. The van der Waals surface area contributed by atoms with Gasteiger partial charge in [0.1, 0.15) is 0 Å². The van der Waals surface area contributed by atoms with Gasteiger partial charge in [0, 0.05) is 47.6 Å². The average Bonchev–Trinajstić information content (AvgIpc) is 3.17. The van der Waals surface area contributed by atoms with E-state index in [0.29, 0.717) is 29.0 Å². The highest BCUT2D eigenvalue weighted by atomic mass is 35.5. The Hall–Kier alpha value is -2.77. The molecule has 0 radical (unpaired) electrons. The molecule has 1 fully saturated rings. The van der Waals surface area contributed by atoms with E-state index in [0.717, 1.165) is 24.5 Å². The molecule has 0 bridgehead atoms. The predicted octanol–water partition coefficient (Wildman–Crippen LogP) is 3.82. The molecule has 1 aromatic heterocycles. The first-order valence-electron chi connectivity index (χ1n) is 8.83. The largest absolute Gasteiger partial charge is 0.368 e. The van der Waals surface area contributed by atoms with E-state index in [1.165, 1.54) is 0 Å². The van der Waals surface area contributed by atoms with E-state index >= 15 is 0 Å². The van der Waals surface area contributed by atoms with Crippen LogP contribution in [0, 0.1) is 0 Å². The Morgan fingerprint density at radius 2 is 1.71 bits per heavy atom. The first kappa shape index (κ1) is 18.6. The summed E-state index contributed by atoms with van der Waals surface area (Å²) < 4.78 is 0. The minimum Gasteiger partial charge on any atom is -0.368 e. The molecule has 3 aromatic rings. The molecule has 7 nitrogen and oxygen atoms in total. The van der Waals surface area contributed by atoms with Crippen LogP contribution in [-0.4, -0.2) is 52.4 Å². The lowest BCUT2D eigenvalue weighted by atomic mass is 10.2. The number of halogens is 2. The number of benzene rings is 2. The number of nitrogens with zero attached hydrogens (tertiary/aromatic N) is 4. The Balaban J connectivity index is 1.42. The normalized spacial score (nSPS) is 14.2. The molecule has 0 aliphatic carbocycles. The molecule has 1 saturated heterocycles. The van der Waals surface area contributed by atoms with Crippen LogP contribution in [0.15, 0.2) is 48.5 Å². The van der Waals surface area contributed by atoms with Gasteiger partial charge in [-0.1, -0.05) is 29.3 Å². The zero-order valence-electron chi connectivity index (χ0n) is 14.9. The fourth-order valence-corrected chi connectivity index (χ4v) is 3.44. The van der Waals surface area contributed by atoms with Crippen molar-refractivity contribution in [2.45, 2.75) is 0 Å². The Bertz CT molecular complexity index is 967. The number of aromatic amines is 1. The van der Waals surface area contributed by atoms with Crippen molar-refractivity contribution in [1.29, 1.82) is 0 Å². The van der Waals surface area contributed by atoms with E-state index in [9.17, 15) is 4.79 Å². The number of aromatic nitrogens is 3. The van der Waals surface area contributed by atoms with Crippen LogP contribution in [0.25, 0.3) is 0 Å². The highest BCUT2D eigenvalue weighted by Crippen LogP contribution is 2.23. The molecular weight excluding hydrogens is 399 g/mol. The second-order valence-electron chi connectivity index (χ2n) is 6.41. The van der Waals surface area contributed by atoms with Gasteiger partial charge in [-0.05, 0) is 42.5 Å². The maximum absolute atomic E-state index is 12.9. The number of anilines is 3. The van der Waals surface area contributed by atoms with Crippen molar-refractivity contribution in [2.75, 3.05) is 36.4 Å². The van der Waals surface area contributed by atoms with Crippen molar-refractivity contribution in [3.05, 3.63) is 64.3 Å². The van der Waals surface area contributed by atoms with Crippen LogP contribution in [0.4, 0.5) is 17.2 Å². The van der Waals surface area contributed by atoms with Crippen LogP contribution in [0.1, 0.15) is 10.5 Å². The fourth-order valence-electron chi connectivity index (χ4n) is 3.13. The first-order chi connectivity index (χ1) is 13.6. The minimum absolute atomic E-state index is 0.157. The zero-order chi connectivity index (χ0) is 19.5. The summed E-state index contributed by atoms with van der Waals surface area (Å²) in [6, 6.07) is 14.9. The number of H-pyrrole nitrogens is 1. The van der Waals surface area contributed by atoms with Crippen molar-refractivity contribution in [1.82, 2.24) is 20.3 Å². The Labute approximate surface area is 172 Å². The number of carbonyl (C=O) groups excluding carboxylic acids is 1. The van der Waals surface area contributed by atoms with Gasteiger partial charge in [-0.25, -0.2) is 0 Å². The second kappa shape index (κ2) is 8.08. The zero-order valence-corrected chi connectivity index (χ0v) is 16.4. The maximum Gasteiger partial charge on any atom is 0.278 e. The highest BCUT2D eigenvalue weighted by molar-refractivity contribution is 6.31. The molecule has 9 heteroatoms. The average molecular weight is 417 g/mol. The van der Waals surface area contributed by atoms with Crippen molar-refractivity contribution in [3.63, 3.8) is 0 Å². The summed E-state index contributed by atoms with van der Waals surface area (Å²) in [7, 11) is 0. The van der Waals surface area contributed by atoms with Gasteiger partial charge in [-0.3, -0.25) is 4.79 Å². The molecule has 2 heterocycles. The first-order valence-corrected chi connectivity index (χ1v) is 9.59.